The standard InChI is InChI=1S/C6H14OSi/c1-6(5-7)8(2,3)4/h7H,1,5H2,2-4H3. The Bertz CT molecular complexity index is 91.2. The van der Waals surface area contributed by atoms with Gasteiger partial charge in [0.2, 0.25) is 0 Å². The molecule has 1 N–H and O–H groups in total. The molecule has 0 atom stereocenters. The molecule has 0 aliphatic rings. The summed E-state index contributed by atoms with van der Waals surface area (Å²) >= 11 is 0. The van der Waals surface area contributed by atoms with Gasteiger partial charge in [0.15, 0.2) is 0 Å². The smallest absolute Gasteiger partial charge is 0.0746 e. The van der Waals surface area contributed by atoms with E-state index in [1.807, 2.05) is 0 Å². The number of hydrogen-bond acceptors (Lipinski definition) is 1. The summed E-state index contributed by atoms with van der Waals surface area (Å²) in [4.78, 5) is 0. The van der Waals surface area contributed by atoms with Crippen molar-refractivity contribution < 1.29 is 5.11 Å². The molecule has 8 heavy (non-hydrogen) atoms. The summed E-state index contributed by atoms with van der Waals surface area (Å²) in [5.74, 6) is 0. The molecule has 0 saturated carbocycles. The maximum absolute atomic E-state index is 8.61. The number of rotatable bonds is 2. The lowest BCUT2D eigenvalue weighted by molar-refractivity contribution is 0.338. The van der Waals surface area contributed by atoms with Crippen LogP contribution in [0.25, 0.3) is 0 Å². The zero-order valence-corrected chi connectivity index (χ0v) is 6.86. The summed E-state index contributed by atoms with van der Waals surface area (Å²) in [7, 11) is -1.21. The van der Waals surface area contributed by atoms with E-state index in [-0.39, 0.29) is 6.61 Å². The molecule has 0 aliphatic heterocycles. The SMILES string of the molecule is C=C(CO)[Si](C)(C)C. The van der Waals surface area contributed by atoms with Gasteiger partial charge in [-0.25, -0.2) is 0 Å². The Kier molecular flexibility index (Phi) is 2.44. The van der Waals surface area contributed by atoms with Gasteiger partial charge in [-0.05, 0) is 0 Å². The van der Waals surface area contributed by atoms with Gasteiger partial charge in [-0.15, -0.1) is 6.58 Å². The zero-order chi connectivity index (χ0) is 6.78. The number of hydrogen-bond donors (Lipinski definition) is 1. The molecule has 0 aromatic carbocycles. The predicted molar refractivity (Wildman–Crippen MR) is 39.6 cm³/mol. The van der Waals surface area contributed by atoms with Gasteiger partial charge in [0.1, 0.15) is 0 Å². The summed E-state index contributed by atoms with van der Waals surface area (Å²) in [6.45, 7) is 10.4. The molecule has 0 radical (unpaired) electrons. The molecule has 0 saturated heterocycles. The first-order valence-corrected chi connectivity index (χ1v) is 6.27. The van der Waals surface area contributed by atoms with E-state index in [4.69, 9.17) is 5.11 Å². The third kappa shape index (κ3) is 2.28. The van der Waals surface area contributed by atoms with Crippen molar-refractivity contribution >= 4 is 8.07 Å². The van der Waals surface area contributed by atoms with Gasteiger partial charge in [-0.3, -0.25) is 0 Å². The molecule has 0 unspecified atom stereocenters. The Morgan fingerprint density at radius 2 is 1.88 bits per heavy atom. The fourth-order valence-electron chi connectivity index (χ4n) is 0.237. The highest BCUT2D eigenvalue weighted by Crippen LogP contribution is 2.09. The largest absolute Gasteiger partial charge is 0.392 e. The Morgan fingerprint density at radius 1 is 1.50 bits per heavy atom. The first kappa shape index (κ1) is 7.92. The molecular weight excluding hydrogens is 116 g/mol. The van der Waals surface area contributed by atoms with Crippen LogP contribution in [0.2, 0.25) is 19.6 Å². The first-order valence-electron chi connectivity index (χ1n) is 2.77. The monoisotopic (exact) mass is 130 g/mol. The fraction of sp³-hybridized carbons (Fsp3) is 0.667. The minimum Gasteiger partial charge on any atom is -0.392 e. The lowest BCUT2D eigenvalue weighted by Crippen LogP contribution is -2.25. The number of aliphatic hydroxyl groups excluding tert-OH is 1. The lowest BCUT2D eigenvalue weighted by atomic mass is 10.7. The van der Waals surface area contributed by atoms with Crippen LogP contribution in [0.4, 0.5) is 0 Å². The van der Waals surface area contributed by atoms with Crippen LogP contribution >= 0.6 is 0 Å². The van der Waals surface area contributed by atoms with Crippen molar-refractivity contribution in [1.29, 1.82) is 0 Å². The van der Waals surface area contributed by atoms with E-state index in [0.717, 1.165) is 5.20 Å². The van der Waals surface area contributed by atoms with Crippen molar-refractivity contribution in [2.45, 2.75) is 19.6 Å². The molecule has 2 heteroatoms. The van der Waals surface area contributed by atoms with E-state index in [1.165, 1.54) is 0 Å². The van der Waals surface area contributed by atoms with Crippen molar-refractivity contribution in [3.8, 4) is 0 Å². The maximum Gasteiger partial charge on any atom is 0.0746 e. The highest BCUT2D eigenvalue weighted by molar-refractivity contribution is 6.83. The number of aliphatic hydroxyl groups is 1. The molecule has 0 aromatic heterocycles. The van der Waals surface area contributed by atoms with E-state index in [2.05, 4.69) is 26.2 Å². The van der Waals surface area contributed by atoms with Crippen LogP contribution in [0.1, 0.15) is 0 Å². The third-order valence-corrected chi connectivity index (χ3v) is 3.53. The third-order valence-electron chi connectivity index (χ3n) is 1.25. The van der Waals surface area contributed by atoms with E-state index in [9.17, 15) is 0 Å². The van der Waals surface area contributed by atoms with Gasteiger partial charge in [0.25, 0.3) is 0 Å². The quantitative estimate of drug-likeness (QED) is 0.560. The van der Waals surface area contributed by atoms with Crippen LogP contribution in [0, 0.1) is 0 Å². The van der Waals surface area contributed by atoms with E-state index in [0.29, 0.717) is 0 Å². The fourth-order valence-corrected chi connectivity index (χ4v) is 0.712. The molecule has 0 aliphatic carbocycles. The molecule has 0 fully saturated rings. The topological polar surface area (TPSA) is 20.2 Å². The van der Waals surface area contributed by atoms with Crippen LogP contribution in [0.3, 0.4) is 0 Å². The van der Waals surface area contributed by atoms with Gasteiger partial charge in [-0.2, -0.15) is 0 Å². The Labute approximate surface area is 52.0 Å². The van der Waals surface area contributed by atoms with Gasteiger partial charge in [0.05, 0.1) is 14.7 Å². The highest BCUT2D eigenvalue weighted by Gasteiger charge is 2.15. The first-order chi connectivity index (χ1) is 3.48. The predicted octanol–water partition coefficient (Wildman–Crippen LogP) is 1.41. The molecule has 0 spiro atoms. The average Bonchev–Trinajstić information content (AvgIpc) is 1.62. The second kappa shape index (κ2) is 2.46. The minimum atomic E-state index is -1.21. The molecular formula is C6H14OSi. The van der Waals surface area contributed by atoms with Gasteiger partial charge in [0, 0.05) is 0 Å². The van der Waals surface area contributed by atoms with Crippen molar-refractivity contribution in [2.24, 2.45) is 0 Å². The van der Waals surface area contributed by atoms with Crippen LogP contribution in [-0.4, -0.2) is 19.8 Å². The summed E-state index contributed by atoms with van der Waals surface area (Å²) in [5, 5.41) is 9.63. The highest BCUT2D eigenvalue weighted by atomic mass is 28.3. The van der Waals surface area contributed by atoms with Crippen molar-refractivity contribution in [3.63, 3.8) is 0 Å². The van der Waals surface area contributed by atoms with Crippen molar-refractivity contribution in [2.75, 3.05) is 6.61 Å². The maximum atomic E-state index is 8.61. The summed E-state index contributed by atoms with van der Waals surface area (Å²) in [6.07, 6.45) is 0. The Balaban J connectivity index is 3.82. The molecule has 0 amide bonds. The van der Waals surface area contributed by atoms with Crippen LogP contribution in [-0.2, 0) is 0 Å². The summed E-state index contributed by atoms with van der Waals surface area (Å²) in [5.41, 5.74) is 0. The zero-order valence-electron chi connectivity index (χ0n) is 5.86. The second-order valence-electron chi connectivity index (χ2n) is 3.01. The van der Waals surface area contributed by atoms with Gasteiger partial charge >= 0.3 is 0 Å². The van der Waals surface area contributed by atoms with Crippen molar-refractivity contribution in [1.82, 2.24) is 0 Å². The molecule has 48 valence electrons. The van der Waals surface area contributed by atoms with Gasteiger partial charge < -0.3 is 5.11 Å². The summed E-state index contributed by atoms with van der Waals surface area (Å²) in [6, 6.07) is 0. The van der Waals surface area contributed by atoms with E-state index < -0.39 is 8.07 Å². The van der Waals surface area contributed by atoms with Crippen LogP contribution in [0.5, 0.6) is 0 Å². The van der Waals surface area contributed by atoms with E-state index >= 15 is 0 Å². The van der Waals surface area contributed by atoms with E-state index in [1.54, 1.807) is 0 Å². The average molecular weight is 130 g/mol. The van der Waals surface area contributed by atoms with Crippen molar-refractivity contribution in [3.05, 3.63) is 11.8 Å². The lowest BCUT2D eigenvalue weighted by Gasteiger charge is -2.16. The second-order valence-corrected chi connectivity index (χ2v) is 8.22. The van der Waals surface area contributed by atoms with Crippen LogP contribution < -0.4 is 0 Å². The molecule has 0 rings (SSSR count). The van der Waals surface area contributed by atoms with Crippen LogP contribution in [0.15, 0.2) is 11.8 Å². The van der Waals surface area contributed by atoms with Gasteiger partial charge in [-0.1, -0.05) is 24.8 Å². The molecule has 1 nitrogen and oxygen atoms in total. The Morgan fingerprint density at radius 3 is 1.88 bits per heavy atom. The molecule has 0 aromatic rings. The normalized spacial score (nSPS) is 11.5. The molecule has 0 heterocycles. The minimum absolute atomic E-state index is 0.162. The Hall–Kier alpha value is -0.0831. The molecule has 0 bridgehead atoms. The summed E-state index contributed by atoms with van der Waals surface area (Å²) < 4.78 is 0.